The van der Waals surface area contributed by atoms with E-state index in [1.807, 2.05) is 0 Å². The van der Waals surface area contributed by atoms with Gasteiger partial charge in [0.05, 0.1) is 6.04 Å². The number of carbonyl (C=O) groups excluding carboxylic acids is 2. The Morgan fingerprint density at radius 2 is 2.10 bits per heavy atom. The van der Waals surface area contributed by atoms with Crippen molar-refractivity contribution in [1.29, 1.82) is 0 Å². The minimum Gasteiger partial charge on any atom is -0.478 e. The molecule has 14 nitrogen and oxygen atoms in total. The molecule has 0 bridgehead atoms. The fraction of sp³-hybridized carbons (Fsp3) is 0.500. The number of carboxylic acids is 1. The Hall–Kier alpha value is -2.63. The van der Waals surface area contributed by atoms with E-state index in [9.17, 15) is 31.6 Å². The molecule has 0 aromatic carbocycles. The Labute approximate surface area is 182 Å². The summed E-state index contributed by atoms with van der Waals surface area (Å²) in [4.78, 5) is 45.0. The van der Waals surface area contributed by atoms with E-state index in [0.717, 1.165) is 11.3 Å². The largest absolute Gasteiger partial charge is 0.478 e. The van der Waals surface area contributed by atoms with Gasteiger partial charge in [0, 0.05) is 28.2 Å². The first-order valence-electron chi connectivity index (χ1n) is 8.27. The van der Waals surface area contributed by atoms with Gasteiger partial charge in [-0.05, 0) is 13.8 Å². The Kier molecular flexibility index (Phi) is 7.03. The molecule has 0 spiro atoms. The molecule has 1 unspecified atom stereocenters. The van der Waals surface area contributed by atoms with Crippen LogP contribution in [0.5, 0.6) is 0 Å². The first kappa shape index (κ1) is 24.6. The van der Waals surface area contributed by atoms with E-state index in [2.05, 4.69) is 15.5 Å². The number of aliphatic carboxylic acids is 1. The van der Waals surface area contributed by atoms with E-state index >= 15 is 0 Å². The minimum atomic E-state index is -4.94. The average Bonchev–Trinajstić information content (AvgIpc) is 3.03. The molecule has 1 aliphatic heterocycles. The molecule has 31 heavy (non-hydrogen) atoms. The van der Waals surface area contributed by atoms with Gasteiger partial charge >= 0.3 is 16.3 Å². The van der Waals surface area contributed by atoms with Crippen LogP contribution < -0.4 is 11.1 Å². The Balaban J connectivity index is 2.33. The Morgan fingerprint density at radius 3 is 2.55 bits per heavy atom. The molecule has 2 amide bonds. The quantitative estimate of drug-likeness (QED) is 0.129. The lowest BCUT2D eigenvalue weighted by molar-refractivity contribution is -0.161. The van der Waals surface area contributed by atoms with Crippen LogP contribution >= 0.6 is 11.3 Å². The highest BCUT2D eigenvalue weighted by Gasteiger charge is 2.54. The van der Waals surface area contributed by atoms with Crippen molar-refractivity contribution in [2.45, 2.75) is 31.5 Å². The maximum absolute atomic E-state index is 12.8. The molecular weight excluding hydrogens is 478 g/mol. The first-order valence-corrected chi connectivity index (χ1v) is 12.3. The fourth-order valence-corrected chi connectivity index (χ4v) is 4.72. The number of hydrogen-bond donors (Lipinski definition) is 4. The van der Waals surface area contributed by atoms with Crippen molar-refractivity contribution in [3.05, 3.63) is 11.1 Å². The second-order valence-corrected chi connectivity index (χ2v) is 10.4. The number of nitrogens with two attached hydrogens (primary N) is 1. The van der Waals surface area contributed by atoms with Gasteiger partial charge in [0.25, 0.3) is 11.8 Å². The third-order valence-corrected chi connectivity index (χ3v) is 6.40. The van der Waals surface area contributed by atoms with Crippen molar-refractivity contribution in [3.8, 4) is 0 Å². The molecule has 2 rings (SSSR count). The molecule has 5 N–H and O–H groups in total. The molecule has 1 aliphatic rings. The lowest BCUT2D eigenvalue weighted by atomic mass is 10.0. The van der Waals surface area contributed by atoms with Crippen LogP contribution in [0.3, 0.4) is 0 Å². The number of amides is 2. The average molecular weight is 498 g/mol. The van der Waals surface area contributed by atoms with E-state index in [-0.39, 0.29) is 20.9 Å². The second kappa shape index (κ2) is 8.85. The van der Waals surface area contributed by atoms with Crippen molar-refractivity contribution < 1.29 is 41.5 Å². The summed E-state index contributed by atoms with van der Waals surface area (Å²) in [5, 5.41) is 16.3. The summed E-state index contributed by atoms with van der Waals surface area (Å²) in [5.41, 5.74) is 3.11. The number of thiazole rings is 1. The Morgan fingerprint density at radius 1 is 1.48 bits per heavy atom. The molecule has 1 aromatic rings. The summed E-state index contributed by atoms with van der Waals surface area (Å²) in [6.07, 6.45) is 1.25. The summed E-state index contributed by atoms with van der Waals surface area (Å²) in [6, 6.07) is -2.76. The molecule has 1 saturated heterocycles. The second-order valence-electron chi connectivity index (χ2n) is 6.79. The van der Waals surface area contributed by atoms with E-state index < -0.39 is 62.3 Å². The van der Waals surface area contributed by atoms with Crippen molar-refractivity contribution in [2.75, 3.05) is 17.7 Å². The predicted octanol–water partition coefficient (Wildman–Crippen LogP) is -1.81. The highest BCUT2D eigenvalue weighted by Crippen LogP contribution is 2.25. The summed E-state index contributed by atoms with van der Waals surface area (Å²) in [5.74, 6) is -3.95. The molecular formula is C14H19N5O9S3. The molecule has 172 valence electrons. The SMILES string of the molecule is CS(=O)C[C@H]1[C@@H](NC(=O)C(=NOC(C)(C)C(=O)O)c2csc(N)n2)C(=O)N1S(=O)(=O)O. The Bertz CT molecular complexity index is 1070. The number of carbonyl (C=O) groups is 3. The van der Waals surface area contributed by atoms with Gasteiger partial charge in [0.2, 0.25) is 5.60 Å². The van der Waals surface area contributed by atoms with Crippen molar-refractivity contribution >= 4 is 61.1 Å². The zero-order valence-corrected chi connectivity index (χ0v) is 18.8. The molecule has 17 heteroatoms. The number of anilines is 1. The lowest BCUT2D eigenvalue weighted by Gasteiger charge is -2.43. The van der Waals surface area contributed by atoms with Crippen LogP contribution in [0.15, 0.2) is 10.5 Å². The zero-order chi connectivity index (χ0) is 23.7. The van der Waals surface area contributed by atoms with Crippen molar-refractivity contribution in [1.82, 2.24) is 14.6 Å². The smallest absolute Gasteiger partial charge is 0.362 e. The highest BCUT2D eigenvalue weighted by molar-refractivity contribution is 7.85. The van der Waals surface area contributed by atoms with Gasteiger partial charge in [-0.2, -0.15) is 8.42 Å². The number of hydrogen-bond acceptors (Lipinski definition) is 11. The number of oxime groups is 1. The topological polar surface area (TPSA) is 219 Å². The maximum atomic E-state index is 12.8. The van der Waals surface area contributed by atoms with Gasteiger partial charge in [-0.15, -0.1) is 11.3 Å². The van der Waals surface area contributed by atoms with Gasteiger partial charge in [-0.3, -0.25) is 18.4 Å². The fourth-order valence-electron chi connectivity index (χ4n) is 2.37. The molecule has 1 fully saturated rings. The number of carboxylic acid groups (broad SMARTS) is 1. The van der Waals surface area contributed by atoms with Gasteiger partial charge in [0.15, 0.2) is 10.8 Å². The monoisotopic (exact) mass is 497 g/mol. The summed E-state index contributed by atoms with van der Waals surface area (Å²) in [6.45, 7) is 2.35. The first-order chi connectivity index (χ1) is 14.1. The van der Waals surface area contributed by atoms with Crippen LogP contribution in [0.25, 0.3) is 0 Å². The van der Waals surface area contributed by atoms with Gasteiger partial charge in [-0.25, -0.2) is 14.1 Å². The van der Waals surface area contributed by atoms with E-state index in [1.54, 1.807) is 0 Å². The predicted molar refractivity (Wildman–Crippen MR) is 109 cm³/mol. The van der Waals surface area contributed by atoms with E-state index in [0.29, 0.717) is 0 Å². The van der Waals surface area contributed by atoms with Crippen LogP contribution in [0, 0.1) is 0 Å². The molecule has 0 saturated carbocycles. The maximum Gasteiger partial charge on any atom is 0.362 e. The number of nitrogens with one attached hydrogen (secondary N) is 1. The normalized spacial score (nSPS) is 20.7. The summed E-state index contributed by atoms with van der Waals surface area (Å²) in [7, 11) is -6.52. The number of β-lactam (4-membered cyclic amide) rings is 1. The van der Waals surface area contributed by atoms with Crippen LogP contribution in [0.1, 0.15) is 19.5 Å². The summed E-state index contributed by atoms with van der Waals surface area (Å²) >= 11 is 0.948. The van der Waals surface area contributed by atoms with Gasteiger partial charge < -0.3 is 21.0 Å². The number of nitrogen functional groups attached to an aromatic ring is 1. The van der Waals surface area contributed by atoms with Gasteiger partial charge in [0.1, 0.15) is 11.7 Å². The minimum absolute atomic E-state index is 0.0597. The van der Waals surface area contributed by atoms with Crippen LogP contribution in [0.2, 0.25) is 0 Å². The van der Waals surface area contributed by atoms with Crippen LogP contribution in [-0.2, 0) is 40.3 Å². The number of aromatic nitrogens is 1. The van der Waals surface area contributed by atoms with Gasteiger partial charge in [-0.1, -0.05) is 5.16 Å². The van der Waals surface area contributed by atoms with E-state index in [1.165, 1.54) is 25.5 Å². The highest BCUT2D eigenvalue weighted by atomic mass is 32.2. The third kappa shape index (κ3) is 5.54. The zero-order valence-electron chi connectivity index (χ0n) is 16.3. The van der Waals surface area contributed by atoms with Crippen molar-refractivity contribution in [3.63, 3.8) is 0 Å². The molecule has 2 heterocycles. The molecule has 0 radical (unpaired) electrons. The van der Waals surface area contributed by atoms with Crippen LogP contribution in [-0.4, -0.2) is 84.8 Å². The van der Waals surface area contributed by atoms with E-state index in [4.69, 9.17) is 15.7 Å². The summed E-state index contributed by atoms with van der Waals surface area (Å²) < 4.78 is 43.7. The lowest BCUT2D eigenvalue weighted by Crippen LogP contribution is -2.73. The van der Waals surface area contributed by atoms with Crippen LogP contribution in [0.4, 0.5) is 5.13 Å². The van der Waals surface area contributed by atoms with Crippen molar-refractivity contribution in [2.24, 2.45) is 5.16 Å². The number of rotatable bonds is 9. The standard InChI is InChI=1S/C14H19N5O9S3/c1-14(2,12(22)23)28-18-8(6-4-29-13(15)16-6)10(20)17-9-7(5-30(3)24)19(11(9)21)31(25,26)27/h4,7,9H,5H2,1-3H3,(H2,15,16)(H,17,20)(H,22,23)(H,25,26,27)/t7-,9+,30?/m0/s1. The molecule has 3 atom stereocenters. The molecule has 0 aliphatic carbocycles. The third-order valence-electron chi connectivity index (χ3n) is 3.97. The molecule has 1 aromatic heterocycles. The number of nitrogens with zero attached hydrogens (tertiary/aromatic N) is 3.